The number of nitrogens with two attached hydrogens (primary N) is 1. The average Bonchev–Trinajstić information content (AvgIpc) is 2.37. The number of hydrogen-bond donors (Lipinski definition) is 2. The number of anilines is 1. The van der Waals surface area contributed by atoms with Gasteiger partial charge >= 0.3 is 5.97 Å². The van der Waals surface area contributed by atoms with Crippen LogP contribution in [0.3, 0.4) is 0 Å². The maximum absolute atomic E-state index is 11.9. The van der Waals surface area contributed by atoms with Crippen molar-refractivity contribution in [3.63, 3.8) is 0 Å². The van der Waals surface area contributed by atoms with E-state index in [1.54, 1.807) is 20.8 Å². The monoisotopic (exact) mass is 306 g/mol. The first-order chi connectivity index (χ1) is 10.1. The SMILES string of the molecule is CC(C)c1ccc(NC(=O)C[C@H](N)C(=O)OC(C)(C)C)cc1. The van der Waals surface area contributed by atoms with Crippen LogP contribution in [0.5, 0.6) is 0 Å². The van der Waals surface area contributed by atoms with Gasteiger partial charge in [0.15, 0.2) is 0 Å². The van der Waals surface area contributed by atoms with E-state index in [1.165, 1.54) is 5.56 Å². The molecule has 22 heavy (non-hydrogen) atoms. The Bertz CT molecular complexity index is 516. The Hall–Kier alpha value is -1.88. The fraction of sp³-hybridized carbons (Fsp3) is 0.529. The summed E-state index contributed by atoms with van der Waals surface area (Å²) < 4.78 is 5.15. The number of rotatable bonds is 5. The molecule has 0 saturated heterocycles. The lowest BCUT2D eigenvalue weighted by molar-refractivity contribution is -0.157. The maximum Gasteiger partial charge on any atom is 0.323 e. The molecule has 1 aromatic carbocycles. The molecule has 1 aromatic rings. The second-order valence-electron chi connectivity index (χ2n) is 6.67. The summed E-state index contributed by atoms with van der Waals surface area (Å²) in [7, 11) is 0. The Morgan fingerprint density at radius 1 is 1.18 bits per heavy atom. The zero-order chi connectivity index (χ0) is 16.9. The molecule has 0 radical (unpaired) electrons. The fourth-order valence-electron chi connectivity index (χ4n) is 1.82. The van der Waals surface area contributed by atoms with E-state index in [2.05, 4.69) is 19.2 Å². The molecule has 0 aliphatic carbocycles. The minimum atomic E-state index is -0.964. The van der Waals surface area contributed by atoms with Gasteiger partial charge in [0, 0.05) is 5.69 Å². The molecule has 122 valence electrons. The van der Waals surface area contributed by atoms with Crippen molar-refractivity contribution < 1.29 is 14.3 Å². The van der Waals surface area contributed by atoms with Gasteiger partial charge in [-0.2, -0.15) is 0 Å². The zero-order valence-electron chi connectivity index (χ0n) is 14.0. The Balaban J connectivity index is 2.53. The Morgan fingerprint density at radius 2 is 1.73 bits per heavy atom. The second-order valence-corrected chi connectivity index (χ2v) is 6.67. The first-order valence-corrected chi connectivity index (χ1v) is 7.47. The van der Waals surface area contributed by atoms with Crippen LogP contribution in [0.1, 0.15) is 52.5 Å². The van der Waals surface area contributed by atoms with E-state index in [-0.39, 0.29) is 12.3 Å². The molecule has 1 atom stereocenters. The summed E-state index contributed by atoms with van der Waals surface area (Å²) >= 11 is 0. The van der Waals surface area contributed by atoms with Gasteiger partial charge < -0.3 is 15.8 Å². The summed E-state index contributed by atoms with van der Waals surface area (Å²) in [5.74, 6) is -0.446. The zero-order valence-corrected chi connectivity index (χ0v) is 14.0. The summed E-state index contributed by atoms with van der Waals surface area (Å²) in [6.45, 7) is 9.48. The molecule has 0 aliphatic rings. The highest BCUT2D eigenvalue weighted by Gasteiger charge is 2.24. The average molecular weight is 306 g/mol. The van der Waals surface area contributed by atoms with Crippen molar-refractivity contribution in [3.8, 4) is 0 Å². The molecule has 5 heteroatoms. The summed E-state index contributed by atoms with van der Waals surface area (Å²) in [6, 6.07) is 6.65. The smallest absolute Gasteiger partial charge is 0.323 e. The summed E-state index contributed by atoms with van der Waals surface area (Å²) in [4.78, 5) is 23.7. The number of carbonyl (C=O) groups excluding carboxylic acids is 2. The van der Waals surface area contributed by atoms with Gasteiger partial charge in [-0.3, -0.25) is 9.59 Å². The summed E-state index contributed by atoms with van der Waals surface area (Å²) in [6.07, 6.45) is -0.110. The van der Waals surface area contributed by atoms with Crippen molar-refractivity contribution in [1.29, 1.82) is 0 Å². The lowest BCUT2D eigenvalue weighted by atomic mass is 10.0. The molecule has 1 rings (SSSR count). The third kappa shape index (κ3) is 6.26. The number of ether oxygens (including phenoxy) is 1. The van der Waals surface area contributed by atoms with E-state index in [9.17, 15) is 9.59 Å². The molecule has 0 heterocycles. The standard InChI is InChI=1S/C17H26N2O3/c1-11(2)12-6-8-13(9-7-12)19-15(20)10-14(18)16(21)22-17(3,4)5/h6-9,11,14H,10,18H2,1-5H3,(H,19,20)/t14-/m0/s1. The predicted molar refractivity (Wildman–Crippen MR) is 87.6 cm³/mol. The lowest BCUT2D eigenvalue weighted by Crippen LogP contribution is -2.39. The number of carbonyl (C=O) groups is 2. The van der Waals surface area contributed by atoms with Crippen molar-refractivity contribution >= 4 is 17.6 Å². The molecule has 5 nitrogen and oxygen atoms in total. The highest BCUT2D eigenvalue weighted by atomic mass is 16.6. The van der Waals surface area contributed by atoms with Crippen LogP contribution in [0, 0.1) is 0 Å². The van der Waals surface area contributed by atoms with Crippen molar-refractivity contribution in [3.05, 3.63) is 29.8 Å². The molecule has 0 fully saturated rings. The highest BCUT2D eigenvalue weighted by molar-refractivity contribution is 5.94. The molecule has 0 spiro atoms. The summed E-state index contributed by atoms with van der Waals surface area (Å²) in [5.41, 5.74) is 6.98. The van der Waals surface area contributed by atoms with Gasteiger partial charge in [0.1, 0.15) is 11.6 Å². The number of amides is 1. The third-order valence-corrected chi connectivity index (χ3v) is 2.98. The molecule has 1 amide bonds. The first kappa shape index (κ1) is 18.2. The van der Waals surface area contributed by atoms with Crippen LogP contribution in [0.25, 0.3) is 0 Å². The van der Waals surface area contributed by atoms with Crippen LogP contribution in [0.15, 0.2) is 24.3 Å². The first-order valence-electron chi connectivity index (χ1n) is 7.47. The minimum absolute atomic E-state index is 0.110. The van der Waals surface area contributed by atoms with Gasteiger partial charge in [0.25, 0.3) is 0 Å². The van der Waals surface area contributed by atoms with Gasteiger partial charge in [0.2, 0.25) is 5.91 Å². The van der Waals surface area contributed by atoms with Crippen molar-refractivity contribution in [2.75, 3.05) is 5.32 Å². The molecular formula is C17H26N2O3. The van der Waals surface area contributed by atoms with E-state index in [0.717, 1.165) is 0 Å². The minimum Gasteiger partial charge on any atom is -0.459 e. The van der Waals surface area contributed by atoms with Gasteiger partial charge in [0.05, 0.1) is 6.42 Å². The van der Waals surface area contributed by atoms with Gasteiger partial charge in [-0.05, 0) is 44.4 Å². The van der Waals surface area contributed by atoms with Crippen LogP contribution >= 0.6 is 0 Å². The van der Waals surface area contributed by atoms with E-state index >= 15 is 0 Å². The normalized spacial score (nSPS) is 12.9. The molecule has 0 aliphatic heterocycles. The molecule has 0 bridgehead atoms. The van der Waals surface area contributed by atoms with Gasteiger partial charge in [-0.1, -0.05) is 26.0 Å². The molecule has 0 saturated carbocycles. The van der Waals surface area contributed by atoms with E-state index in [4.69, 9.17) is 10.5 Å². The molecular weight excluding hydrogens is 280 g/mol. The van der Waals surface area contributed by atoms with E-state index in [0.29, 0.717) is 11.6 Å². The molecule has 3 N–H and O–H groups in total. The van der Waals surface area contributed by atoms with Crippen molar-refractivity contribution in [2.24, 2.45) is 5.73 Å². The third-order valence-electron chi connectivity index (χ3n) is 2.98. The predicted octanol–water partition coefficient (Wildman–Crippen LogP) is 2.81. The van der Waals surface area contributed by atoms with Gasteiger partial charge in [-0.15, -0.1) is 0 Å². The lowest BCUT2D eigenvalue weighted by Gasteiger charge is -2.22. The Morgan fingerprint density at radius 3 is 2.18 bits per heavy atom. The Labute approximate surface area is 132 Å². The number of hydrogen-bond acceptors (Lipinski definition) is 4. The van der Waals surface area contributed by atoms with Crippen LogP contribution in [-0.4, -0.2) is 23.5 Å². The fourth-order valence-corrected chi connectivity index (χ4v) is 1.82. The summed E-state index contributed by atoms with van der Waals surface area (Å²) in [5, 5.41) is 2.73. The quantitative estimate of drug-likeness (QED) is 0.820. The highest BCUT2D eigenvalue weighted by Crippen LogP contribution is 2.17. The largest absolute Gasteiger partial charge is 0.459 e. The number of esters is 1. The van der Waals surface area contributed by atoms with Gasteiger partial charge in [-0.25, -0.2) is 0 Å². The Kier molecular flexibility index (Phi) is 6.11. The van der Waals surface area contributed by atoms with E-state index < -0.39 is 17.6 Å². The van der Waals surface area contributed by atoms with Crippen LogP contribution < -0.4 is 11.1 Å². The van der Waals surface area contributed by atoms with E-state index in [1.807, 2.05) is 24.3 Å². The topological polar surface area (TPSA) is 81.4 Å². The van der Waals surface area contributed by atoms with Crippen LogP contribution in [0.4, 0.5) is 5.69 Å². The molecule has 0 unspecified atom stereocenters. The van der Waals surface area contributed by atoms with Crippen molar-refractivity contribution in [2.45, 2.75) is 58.6 Å². The maximum atomic E-state index is 11.9. The number of nitrogens with one attached hydrogen (secondary N) is 1. The van der Waals surface area contributed by atoms with Crippen LogP contribution in [-0.2, 0) is 14.3 Å². The van der Waals surface area contributed by atoms with Crippen molar-refractivity contribution in [1.82, 2.24) is 0 Å². The number of benzene rings is 1. The molecule has 0 aromatic heterocycles. The second kappa shape index (κ2) is 7.40. The van der Waals surface area contributed by atoms with Crippen LogP contribution in [0.2, 0.25) is 0 Å².